The average Bonchev–Trinajstić information content (AvgIpc) is 2.89. The molecule has 0 saturated heterocycles. The Balaban J connectivity index is 2.31. The van der Waals surface area contributed by atoms with E-state index in [1.165, 1.54) is 0 Å². The normalized spacial score (nSPS) is 11.4. The second-order valence-corrected chi connectivity index (χ2v) is 4.99. The fraction of sp³-hybridized carbons (Fsp3) is 0.429. The van der Waals surface area contributed by atoms with Crippen LogP contribution in [-0.4, -0.2) is 27.7 Å². The van der Waals surface area contributed by atoms with Gasteiger partial charge in [0.25, 0.3) is 0 Å². The van der Waals surface area contributed by atoms with Gasteiger partial charge in [0.2, 0.25) is 11.7 Å². The molecule has 6 heteroatoms. The van der Waals surface area contributed by atoms with E-state index in [9.17, 15) is 4.79 Å². The molecule has 0 radical (unpaired) electrons. The summed E-state index contributed by atoms with van der Waals surface area (Å²) < 4.78 is 10.2. The van der Waals surface area contributed by atoms with Gasteiger partial charge in [-0.05, 0) is 45.4 Å². The lowest BCUT2D eigenvalue weighted by molar-refractivity contribution is -0.149. The molecule has 0 atom stereocenters. The predicted octanol–water partition coefficient (Wildman–Crippen LogP) is 2.28. The van der Waals surface area contributed by atoms with Crippen LogP contribution in [0.25, 0.3) is 11.5 Å². The van der Waals surface area contributed by atoms with Crippen molar-refractivity contribution in [2.45, 2.75) is 33.1 Å². The summed E-state index contributed by atoms with van der Waals surface area (Å²) in [7, 11) is 0. The van der Waals surface area contributed by atoms with Crippen LogP contribution in [0.1, 0.15) is 32.2 Å². The molecule has 2 aromatic rings. The van der Waals surface area contributed by atoms with Crippen LogP contribution in [0.4, 0.5) is 0 Å². The molecule has 106 valence electrons. The molecule has 0 fully saturated rings. The van der Waals surface area contributed by atoms with Crippen molar-refractivity contribution in [1.29, 1.82) is 0 Å². The van der Waals surface area contributed by atoms with Crippen LogP contribution in [0, 0.1) is 6.92 Å². The number of hydrogen-bond donors (Lipinski definition) is 0. The highest BCUT2D eigenvalue weighted by molar-refractivity contribution is 5.80. The summed E-state index contributed by atoms with van der Waals surface area (Å²) in [6.45, 7) is 7.39. The van der Waals surface area contributed by atoms with Gasteiger partial charge in [-0.15, -0.1) is 0 Å². The van der Waals surface area contributed by atoms with Gasteiger partial charge in [-0.3, -0.25) is 9.78 Å². The molecular formula is C14H17N3O3. The summed E-state index contributed by atoms with van der Waals surface area (Å²) in [4.78, 5) is 20.3. The van der Waals surface area contributed by atoms with E-state index in [4.69, 9.17) is 9.26 Å². The summed E-state index contributed by atoms with van der Waals surface area (Å²) in [6, 6.07) is 3.74. The Hall–Kier alpha value is -2.24. The first-order valence-corrected chi connectivity index (χ1v) is 6.39. The Kier molecular flexibility index (Phi) is 3.83. The van der Waals surface area contributed by atoms with Crippen LogP contribution >= 0.6 is 0 Å². The van der Waals surface area contributed by atoms with Crippen LogP contribution in [-0.2, 0) is 14.9 Å². The van der Waals surface area contributed by atoms with Crippen LogP contribution in [0.2, 0.25) is 0 Å². The molecule has 0 saturated carbocycles. The summed E-state index contributed by atoms with van der Waals surface area (Å²) in [5.74, 6) is 0.183. The van der Waals surface area contributed by atoms with Crippen LogP contribution in [0.3, 0.4) is 0 Å². The predicted molar refractivity (Wildman–Crippen MR) is 71.9 cm³/mol. The van der Waals surface area contributed by atoms with Gasteiger partial charge in [0, 0.05) is 6.20 Å². The fourth-order valence-electron chi connectivity index (χ4n) is 1.64. The van der Waals surface area contributed by atoms with Gasteiger partial charge in [-0.1, -0.05) is 5.16 Å². The number of esters is 1. The molecule has 0 aliphatic carbocycles. The quantitative estimate of drug-likeness (QED) is 0.796. The molecule has 0 amide bonds. The molecule has 6 nitrogen and oxygen atoms in total. The molecule has 0 aliphatic rings. The molecule has 2 heterocycles. The van der Waals surface area contributed by atoms with E-state index in [-0.39, 0.29) is 5.89 Å². The van der Waals surface area contributed by atoms with E-state index in [2.05, 4.69) is 15.1 Å². The summed E-state index contributed by atoms with van der Waals surface area (Å²) in [5, 5.41) is 3.88. The maximum absolute atomic E-state index is 11.9. The van der Waals surface area contributed by atoms with E-state index in [1.807, 2.05) is 19.1 Å². The Bertz CT molecular complexity index is 620. The molecule has 2 rings (SSSR count). The number of aromatic nitrogens is 3. The van der Waals surface area contributed by atoms with Crippen LogP contribution < -0.4 is 0 Å². The largest absolute Gasteiger partial charge is 0.465 e. The first-order chi connectivity index (χ1) is 9.45. The highest BCUT2D eigenvalue weighted by Gasteiger charge is 2.37. The lowest BCUT2D eigenvalue weighted by atomic mass is 9.94. The zero-order chi connectivity index (χ0) is 14.8. The molecular weight excluding hydrogens is 258 g/mol. The number of aryl methyl sites for hydroxylation is 1. The lowest BCUT2D eigenvalue weighted by Gasteiger charge is -2.16. The molecule has 0 aromatic carbocycles. The number of ether oxygens (including phenoxy) is 1. The molecule has 0 aliphatic heterocycles. The van der Waals surface area contributed by atoms with Crippen molar-refractivity contribution in [2.75, 3.05) is 6.61 Å². The molecule has 0 unspecified atom stereocenters. The number of rotatable bonds is 4. The minimum Gasteiger partial charge on any atom is -0.465 e. The molecule has 0 spiro atoms. The fourth-order valence-corrected chi connectivity index (χ4v) is 1.64. The van der Waals surface area contributed by atoms with Gasteiger partial charge in [-0.25, -0.2) is 0 Å². The Labute approximate surface area is 117 Å². The van der Waals surface area contributed by atoms with Gasteiger partial charge >= 0.3 is 5.97 Å². The minimum atomic E-state index is -0.981. The number of hydrogen-bond acceptors (Lipinski definition) is 6. The van der Waals surface area contributed by atoms with Crippen molar-refractivity contribution in [3.63, 3.8) is 0 Å². The number of pyridine rings is 1. The Morgan fingerprint density at radius 3 is 2.85 bits per heavy atom. The Morgan fingerprint density at radius 1 is 1.45 bits per heavy atom. The topological polar surface area (TPSA) is 78.1 Å². The van der Waals surface area contributed by atoms with Crippen molar-refractivity contribution in [3.8, 4) is 11.5 Å². The van der Waals surface area contributed by atoms with Gasteiger partial charge in [-0.2, -0.15) is 4.98 Å². The second-order valence-electron chi connectivity index (χ2n) is 4.99. The molecule has 0 bridgehead atoms. The van der Waals surface area contributed by atoms with Crippen molar-refractivity contribution in [2.24, 2.45) is 0 Å². The first-order valence-electron chi connectivity index (χ1n) is 6.39. The molecule has 2 aromatic heterocycles. The van der Waals surface area contributed by atoms with Crippen molar-refractivity contribution >= 4 is 5.97 Å². The minimum absolute atomic E-state index is 0.217. The SMILES string of the molecule is CCOC(=O)C(C)(C)c1nc(-c2cc(C)ccn2)no1. The van der Waals surface area contributed by atoms with E-state index in [0.29, 0.717) is 18.1 Å². The van der Waals surface area contributed by atoms with Crippen molar-refractivity contribution in [3.05, 3.63) is 29.8 Å². The molecule has 20 heavy (non-hydrogen) atoms. The number of nitrogens with zero attached hydrogens (tertiary/aromatic N) is 3. The smallest absolute Gasteiger partial charge is 0.321 e. The second kappa shape index (κ2) is 5.40. The van der Waals surface area contributed by atoms with Crippen LogP contribution in [0.5, 0.6) is 0 Å². The third-order valence-electron chi connectivity index (χ3n) is 2.89. The summed E-state index contributed by atoms with van der Waals surface area (Å²) >= 11 is 0. The highest BCUT2D eigenvalue weighted by Crippen LogP contribution is 2.25. The van der Waals surface area contributed by atoms with E-state index in [1.54, 1.807) is 27.0 Å². The number of carbonyl (C=O) groups is 1. The van der Waals surface area contributed by atoms with Gasteiger partial charge < -0.3 is 9.26 Å². The monoisotopic (exact) mass is 275 g/mol. The van der Waals surface area contributed by atoms with Gasteiger partial charge in [0.15, 0.2) is 0 Å². The van der Waals surface area contributed by atoms with E-state index in [0.717, 1.165) is 5.56 Å². The summed E-state index contributed by atoms with van der Waals surface area (Å²) in [6.07, 6.45) is 1.68. The van der Waals surface area contributed by atoms with Gasteiger partial charge in [0.05, 0.1) is 6.61 Å². The van der Waals surface area contributed by atoms with E-state index < -0.39 is 11.4 Å². The lowest BCUT2D eigenvalue weighted by Crippen LogP contribution is -2.31. The van der Waals surface area contributed by atoms with Crippen LogP contribution in [0.15, 0.2) is 22.9 Å². The zero-order valence-corrected chi connectivity index (χ0v) is 12.0. The standard InChI is InChI=1S/C14H17N3O3/c1-5-19-13(18)14(3,4)12-16-11(17-20-12)10-8-9(2)6-7-15-10/h6-8H,5H2,1-4H3. The third-order valence-corrected chi connectivity index (χ3v) is 2.89. The van der Waals surface area contributed by atoms with Crippen molar-refractivity contribution in [1.82, 2.24) is 15.1 Å². The molecule has 0 N–H and O–H groups in total. The zero-order valence-electron chi connectivity index (χ0n) is 12.0. The number of carbonyl (C=O) groups excluding carboxylic acids is 1. The maximum atomic E-state index is 11.9. The average molecular weight is 275 g/mol. The Morgan fingerprint density at radius 2 is 2.20 bits per heavy atom. The maximum Gasteiger partial charge on any atom is 0.321 e. The first kappa shape index (κ1) is 14.2. The third kappa shape index (κ3) is 2.68. The van der Waals surface area contributed by atoms with Gasteiger partial charge in [0.1, 0.15) is 11.1 Å². The highest BCUT2D eigenvalue weighted by atomic mass is 16.5. The summed E-state index contributed by atoms with van der Waals surface area (Å²) in [5.41, 5.74) is 0.677. The van der Waals surface area contributed by atoms with E-state index >= 15 is 0 Å². The van der Waals surface area contributed by atoms with Crippen molar-refractivity contribution < 1.29 is 14.1 Å².